The van der Waals surface area contributed by atoms with E-state index in [2.05, 4.69) is 15.2 Å². The van der Waals surface area contributed by atoms with Crippen LogP contribution in [0.1, 0.15) is 35.2 Å². The molecule has 1 unspecified atom stereocenters. The summed E-state index contributed by atoms with van der Waals surface area (Å²) in [5.74, 6) is 0.989. The van der Waals surface area contributed by atoms with Crippen LogP contribution in [0.15, 0.2) is 29.3 Å². The van der Waals surface area contributed by atoms with E-state index in [0.29, 0.717) is 18.7 Å². The highest BCUT2D eigenvalue weighted by Gasteiger charge is 2.35. The van der Waals surface area contributed by atoms with Gasteiger partial charge in [-0.05, 0) is 31.4 Å². The molecule has 1 aromatic carbocycles. The normalized spacial score (nSPS) is 23.0. The number of hydrogen-bond donors (Lipinski definition) is 1. The number of likely N-dealkylation sites (N-methyl/N-ethyl adjacent to an activating group) is 1. The minimum absolute atomic E-state index is 0.0647. The van der Waals surface area contributed by atoms with Gasteiger partial charge in [-0.15, -0.1) is 0 Å². The van der Waals surface area contributed by atoms with Crippen LogP contribution in [0.4, 0.5) is 0 Å². The topological polar surface area (TPSA) is 68.2 Å². The Hall–Kier alpha value is -2.41. The van der Waals surface area contributed by atoms with Crippen LogP contribution < -0.4 is 5.32 Å². The van der Waals surface area contributed by atoms with Gasteiger partial charge in [0.2, 0.25) is 5.91 Å². The molecule has 0 saturated carbocycles. The summed E-state index contributed by atoms with van der Waals surface area (Å²) in [5, 5.41) is 3.28. The molecule has 1 atom stereocenters. The molecule has 0 bridgehead atoms. The van der Waals surface area contributed by atoms with Gasteiger partial charge in [-0.25, -0.2) is 0 Å². The number of carbonyl (C=O) groups excluding carboxylic acids is 2. The number of amides is 2. The van der Waals surface area contributed by atoms with E-state index in [-0.39, 0.29) is 11.8 Å². The number of piperidine rings is 1. The zero-order valence-electron chi connectivity index (χ0n) is 16.6. The van der Waals surface area contributed by atoms with Gasteiger partial charge >= 0.3 is 0 Å². The summed E-state index contributed by atoms with van der Waals surface area (Å²) < 4.78 is 0. The third-order valence-electron chi connectivity index (χ3n) is 5.91. The Morgan fingerprint density at radius 3 is 2.46 bits per heavy atom. The maximum atomic E-state index is 13.2. The van der Waals surface area contributed by atoms with Crippen LogP contribution in [0.25, 0.3) is 0 Å². The number of hydrogen-bond acceptors (Lipinski definition) is 5. The van der Waals surface area contributed by atoms with E-state index in [9.17, 15) is 9.59 Å². The Morgan fingerprint density at radius 2 is 1.79 bits per heavy atom. The van der Waals surface area contributed by atoms with Gasteiger partial charge in [0.1, 0.15) is 11.9 Å². The second kappa shape index (κ2) is 8.31. The second-order valence-electron chi connectivity index (χ2n) is 7.81. The fraction of sp³-hybridized carbons (Fsp3) is 0.571. The predicted octanol–water partition coefficient (Wildman–Crippen LogP) is 0.805. The van der Waals surface area contributed by atoms with Crippen molar-refractivity contribution in [3.05, 3.63) is 35.4 Å². The molecule has 7 heteroatoms. The number of benzene rings is 1. The standard InChI is InChI=1S/C21H29N5O2/c1-24-13-10-23-19(24)16-5-7-17(8-6-16)20(27)26-14-9-22-15-18(26)21(28)25-11-3-2-4-12-25/h5-8,18,22H,2-4,9-15H2,1H3. The maximum absolute atomic E-state index is 13.2. The van der Waals surface area contributed by atoms with Crippen LogP contribution >= 0.6 is 0 Å². The summed E-state index contributed by atoms with van der Waals surface area (Å²) in [7, 11) is 2.03. The molecule has 3 heterocycles. The number of rotatable bonds is 3. The number of likely N-dealkylation sites (tertiary alicyclic amines) is 1. The molecule has 3 aliphatic rings. The van der Waals surface area contributed by atoms with Gasteiger partial charge in [0.15, 0.2) is 0 Å². The van der Waals surface area contributed by atoms with E-state index >= 15 is 0 Å². The smallest absolute Gasteiger partial charge is 0.254 e. The Morgan fingerprint density at radius 1 is 1.04 bits per heavy atom. The van der Waals surface area contributed by atoms with E-state index in [1.54, 1.807) is 4.90 Å². The van der Waals surface area contributed by atoms with Gasteiger partial charge in [0, 0.05) is 57.4 Å². The number of nitrogens with one attached hydrogen (secondary N) is 1. The molecule has 1 N–H and O–H groups in total. The lowest BCUT2D eigenvalue weighted by Gasteiger charge is -2.39. The van der Waals surface area contributed by atoms with Crippen molar-refractivity contribution in [2.24, 2.45) is 4.99 Å². The number of amidine groups is 1. The van der Waals surface area contributed by atoms with Gasteiger partial charge in [0.05, 0.1) is 6.54 Å². The van der Waals surface area contributed by atoms with Crippen LogP contribution in [-0.2, 0) is 4.79 Å². The first kappa shape index (κ1) is 18.9. The van der Waals surface area contributed by atoms with Crippen LogP contribution in [-0.4, -0.2) is 91.3 Å². The first-order valence-corrected chi connectivity index (χ1v) is 10.3. The lowest BCUT2D eigenvalue weighted by atomic mass is 10.0. The average molecular weight is 383 g/mol. The third kappa shape index (κ3) is 3.76. The van der Waals surface area contributed by atoms with Crippen molar-refractivity contribution in [2.45, 2.75) is 25.3 Å². The van der Waals surface area contributed by atoms with Crippen molar-refractivity contribution in [1.29, 1.82) is 0 Å². The zero-order chi connectivity index (χ0) is 19.5. The van der Waals surface area contributed by atoms with Crippen molar-refractivity contribution < 1.29 is 9.59 Å². The lowest BCUT2D eigenvalue weighted by Crippen LogP contribution is -2.60. The fourth-order valence-corrected chi connectivity index (χ4v) is 4.26. The SMILES string of the molecule is CN1CCN=C1c1ccc(C(=O)N2CCNCC2C(=O)N2CCCCC2)cc1. The molecule has 28 heavy (non-hydrogen) atoms. The first-order valence-electron chi connectivity index (χ1n) is 10.3. The third-order valence-corrected chi connectivity index (χ3v) is 5.91. The molecule has 2 fully saturated rings. The average Bonchev–Trinajstić information content (AvgIpc) is 3.19. The Balaban J connectivity index is 1.49. The van der Waals surface area contributed by atoms with Crippen LogP contribution in [0, 0.1) is 0 Å². The van der Waals surface area contributed by atoms with Gasteiger partial charge in [-0.1, -0.05) is 12.1 Å². The lowest BCUT2D eigenvalue weighted by molar-refractivity contribution is -0.137. The van der Waals surface area contributed by atoms with E-state index in [0.717, 1.165) is 57.0 Å². The van der Waals surface area contributed by atoms with Crippen LogP contribution in [0.2, 0.25) is 0 Å². The molecule has 150 valence electrons. The number of nitrogens with zero attached hydrogens (tertiary/aromatic N) is 4. The molecule has 0 aliphatic carbocycles. The van der Waals surface area contributed by atoms with Crippen molar-refractivity contribution in [2.75, 3.05) is 52.9 Å². The van der Waals surface area contributed by atoms with E-state index in [1.165, 1.54) is 6.42 Å². The monoisotopic (exact) mass is 383 g/mol. The Labute approximate surface area is 166 Å². The predicted molar refractivity (Wildman–Crippen MR) is 109 cm³/mol. The molecule has 3 aliphatic heterocycles. The molecule has 0 aromatic heterocycles. The maximum Gasteiger partial charge on any atom is 0.254 e. The molecular formula is C21H29N5O2. The van der Waals surface area contributed by atoms with Crippen LogP contribution in [0.3, 0.4) is 0 Å². The highest BCUT2D eigenvalue weighted by atomic mass is 16.2. The second-order valence-corrected chi connectivity index (χ2v) is 7.81. The summed E-state index contributed by atoms with van der Waals surface area (Å²) in [6.45, 7) is 5.16. The highest BCUT2D eigenvalue weighted by Crippen LogP contribution is 2.18. The van der Waals surface area contributed by atoms with E-state index in [1.807, 2.05) is 36.2 Å². The van der Waals surface area contributed by atoms with Gasteiger partial charge in [-0.2, -0.15) is 0 Å². The van der Waals surface area contributed by atoms with Gasteiger partial charge in [0.25, 0.3) is 5.91 Å². The molecule has 2 saturated heterocycles. The van der Waals surface area contributed by atoms with Crippen molar-refractivity contribution in [3.63, 3.8) is 0 Å². The molecule has 4 rings (SSSR count). The minimum Gasteiger partial charge on any atom is -0.358 e. The first-order chi connectivity index (χ1) is 13.6. The summed E-state index contributed by atoms with van der Waals surface area (Å²) in [4.78, 5) is 36.5. The Kier molecular flexibility index (Phi) is 5.62. The summed E-state index contributed by atoms with van der Waals surface area (Å²) in [5.41, 5.74) is 1.65. The fourth-order valence-electron chi connectivity index (χ4n) is 4.26. The summed E-state index contributed by atoms with van der Waals surface area (Å²) in [6.07, 6.45) is 3.29. The molecular weight excluding hydrogens is 354 g/mol. The molecule has 1 aromatic rings. The Bertz CT molecular complexity index is 755. The molecule has 7 nitrogen and oxygen atoms in total. The van der Waals surface area contributed by atoms with E-state index < -0.39 is 6.04 Å². The van der Waals surface area contributed by atoms with Crippen LogP contribution in [0.5, 0.6) is 0 Å². The van der Waals surface area contributed by atoms with Gasteiger partial charge < -0.3 is 20.0 Å². The zero-order valence-corrected chi connectivity index (χ0v) is 16.6. The van der Waals surface area contributed by atoms with Gasteiger partial charge in [-0.3, -0.25) is 14.6 Å². The van der Waals surface area contributed by atoms with Crippen molar-refractivity contribution >= 4 is 17.6 Å². The largest absolute Gasteiger partial charge is 0.358 e. The number of piperazine rings is 1. The molecule has 0 spiro atoms. The van der Waals surface area contributed by atoms with E-state index in [4.69, 9.17) is 0 Å². The molecule has 0 radical (unpaired) electrons. The summed E-state index contributed by atoms with van der Waals surface area (Å²) >= 11 is 0. The molecule has 2 amide bonds. The van der Waals surface area contributed by atoms with Crippen molar-refractivity contribution in [3.8, 4) is 0 Å². The van der Waals surface area contributed by atoms with Crippen molar-refractivity contribution in [1.82, 2.24) is 20.0 Å². The quantitative estimate of drug-likeness (QED) is 0.839. The summed E-state index contributed by atoms with van der Waals surface area (Å²) in [6, 6.07) is 7.22. The minimum atomic E-state index is -0.413. The highest BCUT2D eigenvalue weighted by molar-refractivity contribution is 6.02. The number of aliphatic imine (C=N–C) groups is 1. The number of carbonyl (C=O) groups is 2.